The molecular weight excluding hydrogens is 491 g/mol. The molecule has 0 heterocycles. The summed E-state index contributed by atoms with van der Waals surface area (Å²) >= 11 is 0. The Morgan fingerprint density at radius 2 is 1.79 bits per heavy atom. The number of benzene rings is 1. The lowest BCUT2D eigenvalue weighted by molar-refractivity contribution is 0.129. The van der Waals surface area contributed by atoms with Gasteiger partial charge in [0.05, 0.1) is 11.4 Å². The van der Waals surface area contributed by atoms with Crippen LogP contribution >= 0.6 is 24.0 Å². The third-order valence-electron chi connectivity index (χ3n) is 3.88. The molecule has 0 spiro atoms. The molecule has 0 aliphatic heterocycles. The van der Waals surface area contributed by atoms with Crippen molar-refractivity contribution in [2.24, 2.45) is 4.99 Å². The van der Waals surface area contributed by atoms with E-state index >= 15 is 0 Å². The van der Waals surface area contributed by atoms with Crippen LogP contribution in [-0.2, 0) is 21.3 Å². The summed E-state index contributed by atoms with van der Waals surface area (Å²) in [5.74, 6) is 0.670. The highest BCUT2D eigenvalue weighted by molar-refractivity contribution is 14.0. The van der Waals surface area contributed by atoms with Crippen molar-refractivity contribution in [3.63, 3.8) is 0 Å². The van der Waals surface area contributed by atoms with Gasteiger partial charge in [-0.3, -0.25) is 0 Å². The SMILES string of the molecule is CCCCOCCCNC(=NCc1ccccc1S(=O)(=O)N(C)C)NCC.I. The zero-order valence-electron chi connectivity index (χ0n) is 17.4. The zero-order chi connectivity index (χ0) is 20.1. The average Bonchev–Trinajstić information content (AvgIpc) is 2.65. The Kier molecular flexibility index (Phi) is 14.5. The van der Waals surface area contributed by atoms with E-state index in [2.05, 4.69) is 22.5 Å². The Hall–Kier alpha value is -0.910. The molecule has 0 radical (unpaired) electrons. The van der Waals surface area contributed by atoms with Crippen molar-refractivity contribution >= 4 is 40.0 Å². The molecule has 1 aromatic rings. The molecule has 0 aliphatic rings. The van der Waals surface area contributed by atoms with Gasteiger partial charge in [0, 0.05) is 40.4 Å². The maximum absolute atomic E-state index is 12.5. The van der Waals surface area contributed by atoms with E-state index < -0.39 is 10.0 Å². The first-order valence-electron chi connectivity index (χ1n) is 9.53. The number of aliphatic imine (C=N–C) groups is 1. The van der Waals surface area contributed by atoms with E-state index in [9.17, 15) is 8.42 Å². The van der Waals surface area contributed by atoms with Crippen LogP contribution in [0.4, 0.5) is 0 Å². The smallest absolute Gasteiger partial charge is 0.242 e. The molecule has 0 saturated heterocycles. The fourth-order valence-electron chi connectivity index (χ4n) is 2.32. The zero-order valence-corrected chi connectivity index (χ0v) is 20.5. The standard InChI is InChI=1S/C19H34N4O3S.HI/c1-5-7-14-26-15-10-13-21-19(20-6-2)22-16-17-11-8-9-12-18(17)27(24,25)23(3)4;/h8-9,11-12H,5-7,10,13-16H2,1-4H3,(H2,20,21,22);1H. The number of guanidine groups is 1. The van der Waals surface area contributed by atoms with Crippen LogP contribution in [0.1, 0.15) is 38.7 Å². The van der Waals surface area contributed by atoms with E-state index in [0.717, 1.165) is 45.6 Å². The van der Waals surface area contributed by atoms with Crippen LogP contribution in [0.5, 0.6) is 0 Å². The Balaban J connectivity index is 0.00000729. The molecule has 0 fully saturated rings. The fraction of sp³-hybridized carbons (Fsp3) is 0.632. The second-order valence-electron chi connectivity index (χ2n) is 6.34. The molecule has 9 heteroatoms. The molecule has 0 bridgehead atoms. The minimum absolute atomic E-state index is 0. The molecule has 28 heavy (non-hydrogen) atoms. The van der Waals surface area contributed by atoms with Crippen LogP contribution < -0.4 is 10.6 Å². The van der Waals surface area contributed by atoms with E-state index in [1.807, 2.05) is 13.0 Å². The Bertz CT molecular complexity index is 682. The largest absolute Gasteiger partial charge is 0.381 e. The summed E-state index contributed by atoms with van der Waals surface area (Å²) in [6.07, 6.45) is 3.12. The van der Waals surface area contributed by atoms with Crippen molar-refractivity contribution in [1.29, 1.82) is 0 Å². The van der Waals surface area contributed by atoms with Gasteiger partial charge in [0.2, 0.25) is 10.0 Å². The molecular formula is C19H35IN4O3S. The monoisotopic (exact) mass is 526 g/mol. The summed E-state index contributed by atoms with van der Waals surface area (Å²) in [7, 11) is -0.430. The average molecular weight is 526 g/mol. The summed E-state index contributed by atoms with van der Waals surface area (Å²) in [5, 5.41) is 6.45. The predicted octanol–water partition coefficient (Wildman–Crippen LogP) is 2.82. The third-order valence-corrected chi connectivity index (χ3v) is 5.80. The molecule has 0 atom stereocenters. The maximum Gasteiger partial charge on any atom is 0.242 e. The number of unbranched alkanes of at least 4 members (excludes halogenated alkanes) is 1. The highest BCUT2D eigenvalue weighted by atomic mass is 127. The molecule has 0 saturated carbocycles. The normalized spacial score (nSPS) is 12.0. The van der Waals surface area contributed by atoms with Crippen molar-refractivity contribution in [2.75, 3.05) is 40.4 Å². The molecule has 162 valence electrons. The van der Waals surface area contributed by atoms with Crippen molar-refractivity contribution in [2.45, 2.75) is 44.6 Å². The lowest BCUT2D eigenvalue weighted by Crippen LogP contribution is -2.38. The molecule has 7 nitrogen and oxygen atoms in total. The van der Waals surface area contributed by atoms with Crippen LogP contribution in [0.15, 0.2) is 34.2 Å². The Labute approximate surface area is 187 Å². The lowest BCUT2D eigenvalue weighted by atomic mass is 10.2. The quantitative estimate of drug-likeness (QED) is 0.190. The molecule has 0 amide bonds. The summed E-state index contributed by atoms with van der Waals surface area (Å²) in [4.78, 5) is 4.83. The summed E-state index contributed by atoms with van der Waals surface area (Å²) in [6.45, 7) is 7.43. The van der Waals surface area contributed by atoms with E-state index in [1.165, 1.54) is 18.4 Å². The van der Waals surface area contributed by atoms with E-state index in [1.54, 1.807) is 18.2 Å². The maximum atomic E-state index is 12.5. The Morgan fingerprint density at radius 1 is 1.11 bits per heavy atom. The van der Waals surface area contributed by atoms with E-state index in [-0.39, 0.29) is 30.5 Å². The highest BCUT2D eigenvalue weighted by Gasteiger charge is 2.20. The van der Waals surface area contributed by atoms with Gasteiger partial charge in [-0.25, -0.2) is 17.7 Å². The number of hydrogen-bond donors (Lipinski definition) is 2. The number of hydrogen-bond acceptors (Lipinski definition) is 4. The number of rotatable bonds is 12. The summed E-state index contributed by atoms with van der Waals surface area (Å²) in [6, 6.07) is 6.97. The highest BCUT2D eigenvalue weighted by Crippen LogP contribution is 2.19. The van der Waals surface area contributed by atoms with Gasteiger partial charge in [-0.15, -0.1) is 24.0 Å². The first-order valence-corrected chi connectivity index (χ1v) is 11.0. The summed E-state index contributed by atoms with van der Waals surface area (Å²) < 4.78 is 31.7. The lowest BCUT2D eigenvalue weighted by Gasteiger charge is -2.15. The second kappa shape index (κ2) is 15.0. The van der Waals surface area contributed by atoms with Gasteiger partial charge in [-0.2, -0.15) is 0 Å². The van der Waals surface area contributed by atoms with Crippen LogP contribution in [0.2, 0.25) is 0 Å². The topological polar surface area (TPSA) is 83.0 Å². The van der Waals surface area contributed by atoms with Crippen molar-refractivity contribution in [3.8, 4) is 0 Å². The first-order chi connectivity index (χ1) is 12.9. The molecule has 0 unspecified atom stereocenters. The Morgan fingerprint density at radius 3 is 2.43 bits per heavy atom. The van der Waals surface area contributed by atoms with Gasteiger partial charge in [0.1, 0.15) is 0 Å². The van der Waals surface area contributed by atoms with Crippen LogP contribution in [-0.4, -0.2) is 59.1 Å². The van der Waals surface area contributed by atoms with Crippen molar-refractivity contribution in [3.05, 3.63) is 29.8 Å². The van der Waals surface area contributed by atoms with Crippen LogP contribution in [0.25, 0.3) is 0 Å². The van der Waals surface area contributed by atoms with Gasteiger partial charge in [0.15, 0.2) is 5.96 Å². The van der Waals surface area contributed by atoms with Gasteiger partial charge in [0.25, 0.3) is 0 Å². The minimum Gasteiger partial charge on any atom is -0.381 e. The first kappa shape index (κ1) is 27.1. The number of nitrogens with one attached hydrogen (secondary N) is 2. The van der Waals surface area contributed by atoms with Gasteiger partial charge in [-0.05, 0) is 31.4 Å². The van der Waals surface area contributed by atoms with E-state index in [0.29, 0.717) is 16.4 Å². The molecule has 1 rings (SSSR count). The minimum atomic E-state index is -3.49. The van der Waals surface area contributed by atoms with Crippen molar-refractivity contribution in [1.82, 2.24) is 14.9 Å². The predicted molar refractivity (Wildman–Crippen MR) is 126 cm³/mol. The van der Waals surface area contributed by atoms with Gasteiger partial charge in [-0.1, -0.05) is 31.5 Å². The van der Waals surface area contributed by atoms with Crippen LogP contribution in [0.3, 0.4) is 0 Å². The fourth-order valence-corrected chi connectivity index (χ4v) is 3.43. The number of nitrogens with zero attached hydrogens (tertiary/aromatic N) is 2. The second-order valence-corrected chi connectivity index (χ2v) is 8.46. The van der Waals surface area contributed by atoms with E-state index in [4.69, 9.17) is 4.74 Å². The number of halogens is 1. The summed E-state index contributed by atoms with van der Waals surface area (Å²) in [5.41, 5.74) is 0.673. The molecule has 2 N–H and O–H groups in total. The molecule has 0 aliphatic carbocycles. The third kappa shape index (κ3) is 9.53. The number of sulfonamides is 1. The van der Waals surface area contributed by atoms with Gasteiger partial charge < -0.3 is 15.4 Å². The van der Waals surface area contributed by atoms with Crippen LogP contribution in [0, 0.1) is 0 Å². The molecule has 0 aromatic heterocycles. The number of ether oxygens (including phenoxy) is 1. The van der Waals surface area contributed by atoms with Crippen molar-refractivity contribution < 1.29 is 13.2 Å². The van der Waals surface area contributed by atoms with Gasteiger partial charge >= 0.3 is 0 Å². The molecule has 1 aromatic carbocycles.